The zero-order valence-corrected chi connectivity index (χ0v) is 14.5. The minimum atomic E-state index is -3.30. The quantitative estimate of drug-likeness (QED) is 0.583. The molecule has 0 spiro atoms. The van der Waals surface area contributed by atoms with E-state index in [1.807, 2.05) is 0 Å². The smallest absolute Gasteiger partial charge is 0.229 e. The Morgan fingerprint density at radius 3 is 2.55 bits per heavy atom. The molecule has 0 radical (unpaired) electrons. The van der Waals surface area contributed by atoms with Gasteiger partial charge in [-0.05, 0) is 30.7 Å². The number of amides is 1. The van der Waals surface area contributed by atoms with Gasteiger partial charge in [0.25, 0.3) is 0 Å². The largest absolute Gasteiger partial charge is 0.355 e. The van der Waals surface area contributed by atoms with Crippen molar-refractivity contribution < 1.29 is 13.2 Å². The molecule has 3 N–H and O–H groups in total. The normalized spacial score (nSPS) is 10.6. The molecule has 0 aliphatic rings. The molecule has 0 saturated carbocycles. The highest BCUT2D eigenvalue weighted by atomic mass is 35.5. The van der Waals surface area contributed by atoms with Crippen LogP contribution in [0.5, 0.6) is 0 Å². The first-order valence-corrected chi connectivity index (χ1v) is 8.84. The minimum absolute atomic E-state index is 0. The third-order valence-corrected chi connectivity index (χ3v) is 3.25. The zero-order chi connectivity index (χ0) is 15.7. The van der Waals surface area contributed by atoms with Crippen molar-refractivity contribution in [2.24, 2.45) is 0 Å². The number of hydrogen-bond acceptors (Lipinski definition) is 4. The van der Waals surface area contributed by atoms with Gasteiger partial charge in [-0.1, -0.05) is 19.1 Å². The van der Waals surface area contributed by atoms with Crippen molar-refractivity contribution in [3.8, 4) is 0 Å². The van der Waals surface area contributed by atoms with Crippen molar-refractivity contribution in [1.82, 2.24) is 10.6 Å². The molecule has 0 aliphatic heterocycles. The Labute approximate surface area is 138 Å². The van der Waals surface area contributed by atoms with Crippen LogP contribution in [0.4, 0.5) is 5.69 Å². The molecule has 0 aliphatic carbocycles. The summed E-state index contributed by atoms with van der Waals surface area (Å²) in [6.07, 6.45) is 2.39. The molecule has 0 bridgehead atoms. The number of benzene rings is 1. The fraction of sp³-hybridized carbons (Fsp3) is 0.500. The number of sulfonamides is 1. The molecule has 8 heteroatoms. The average Bonchev–Trinajstić information content (AvgIpc) is 2.37. The highest BCUT2D eigenvalue weighted by Gasteiger charge is 2.06. The van der Waals surface area contributed by atoms with Gasteiger partial charge in [-0.25, -0.2) is 8.42 Å². The molecule has 0 atom stereocenters. The van der Waals surface area contributed by atoms with Crippen LogP contribution < -0.4 is 15.4 Å². The molecule has 0 unspecified atom stereocenters. The van der Waals surface area contributed by atoms with Crippen molar-refractivity contribution in [3.05, 3.63) is 29.8 Å². The number of hydrogen-bond donors (Lipinski definition) is 3. The average molecular weight is 350 g/mol. The highest BCUT2D eigenvalue weighted by Crippen LogP contribution is 2.12. The second-order valence-corrected chi connectivity index (χ2v) is 6.60. The molecule has 0 heterocycles. The maximum atomic E-state index is 11.8. The Hall–Kier alpha value is -1.31. The molecule has 1 amide bonds. The van der Waals surface area contributed by atoms with Crippen LogP contribution in [0.25, 0.3) is 0 Å². The summed E-state index contributed by atoms with van der Waals surface area (Å²) in [4.78, 5) is 11.8. The summed E-state index contributed by atoms with van der Waals surface area (Å²) < 4.78 is 24.7. The van der Waals surface area contributed by atoms with Gasteiger partial charge in [0.05, 0.1) is 12.7 Å². The van der Waals surface area contributed by atoms with Crippen LogP contribution in [-0.2, 0) is 21.2 Å². The summed E-state index contributed by atoms with van der Waals surface area (Å²) in [6, 6.07) is 6.83. The Morgan fingerprint density at radius 1 is 1.18 bits per heavy atom. The molecule has 22 heavy (non-hydrogen) atoms. The van der Waals surface area contributed by atoms with Gasteiger partial charge in [-0.2, -0.15) is 0 Å². The lowest BCUT2D eigenvalue weighted by Crippen LogP contribution is -2.33. The Kier molecular flexibility index (Phi) is 9.80. The van der Waals surface area contributed by atoms with Gasteiger partial charge >= 0.3 is 0 Å². The number of rotatable bonds is 9. The first-order valence-electron chi connectivity index (χ1n) is 6.95. The molecular weight excluding hydrogens is 326 g/mol. The molecule has 1 aromatic rings. The third-order valence-electron chi connectivity index (χ3n) is 2.65. The van der Waals surface area contributed by atoms with E-state index in [-0.39, 0.29) is 24.7 Å². The van der Waals surface area contributed by atoms with E-state index in [1.54, 1.807) is 24.3 Å². The van der Waals surface area contributed by atoms with Crippen LogP contribution in [0.15, 0.2) is 24.3 Å². The minimum Gasteiger partial charge on any atom is -0.355 e. The van der Waals surface area contributed by atoms with Crippen LogP contribution >= 0.6 is 12.4 Å². The fourth-order valence-corrected chi connectivity index (χ4v) is 2.35. The molecule has 0 aromatic heterocycles. The number of carbonyl (C=O) groups is 1. The Bertz CT molecular complexity index is 564. The van der Waals surface area contributed by atoms with E-state index < -0.39 is 10.0 Å². The SMILES string of the molecule is CCCNCCNC(=O)Cc1cccc(NS(C)(=O)=O)c1.Cl. The van der Waals surface area contributed by atoms with Crippen molar-refractivity contribution in [2.75, 3.05) is 30.6 Å². The van der Waals surface area contributed by atoms with Crippen molar-refractivity contribution >= 4 is 34.0 Å². The van der Waals surface area contributed by atoms with E-state index in [0.717, 1.165) is 31.3 Å². The monoisotopic (exact) mass is 349 g/mol. The maximum absolute atomic E-state index is 11.8. The summed E-state index contributed by atoms with van der Waals surface area (Å²) in [5.41, 5.74) is 1.23. The summed E-state index contributed by atoms with van der Waals surface area (Å²) in [7, 11) is -3.30. The Balaban J connectivity index is 0.00000441. The predicted octanol–water partition coefficient (Wildman–Crippen LogP) is 1.14. The molecule has 126 valence electrons. The molecule has 1 aromatic carbocycles. The summed E-state index contributed by atoms with van der Waals surface area (Å²) in [6.45, 7) is 4.35. The zero-order valence-electron chi connectivity index (χ0n) is 12.9. The van der Waals surface area contributed by atoms with Crippen LogP contribution in [0.2, 0.25) is 0 Å². The molecular formula is C14H24ClN3O3S. The lowest BCUT2D eigenvalue weighted by atomic mass is 10.1. The van der Waals surface area contributed by atoms with Crippen LogP contribution in [0, 0.1) is 0 Å². The number of anilines is 1. The maximum Gasteiger partial charge on any atom is 0.229 e. The lowest BCUT2D eigenvalue weighted by Gasteiger charge is -2.08. The summed E-state index contributed by atoms with van der Waals surface area (Å²) in [5, 5.41) is 6.02. The number of carbonyl (C=O) groups excluding carboxylic acids is 1. The fourth-order valence-electron chi connectivity index (χ4n) is 1.80. The van der Waals surface area contributed by atoms with Gasteiger partial charge in [-0.3, -0.25) is 9.52 Å². The van der Waals surface area contributed by atoms with Gasteiger partial charge in [0, 0.05) is 18.8 Å². The van der Waals surface area contributed by atoms with E-state index in [0.29, 0.717) is 12.2 Å². The first kappa shape index (κ1) is 20.7. The van der Waals surface area contributed by atoms with E-state index in [4.69, 9.17) is 0 Å². The standard InChI is InChI=1S/C14H23N3O3S.ClH/c1-3-7-15-8-9-16-14(18)11-12-5-4-6-13(10-12)17-21(2,19)20;/h4-6,10,15,17H,3,7-9,11H2,1-2H3,(H,16,18);1H. The van der Waals surface area contributed by atoms with E-state index >= 15 is 0 Å². The van der Waals surface area contributed by atoms with Crippen molar-refractivity contribution in [1.29, 1.82) is 0 Å². The van der Waals surface area contributed by atoms with Crippen molar-refractivity contribution in [3.63, 3.8) is 0 Å². The highest BCUT2D eigenvalue weighted by molar-refractivity contribution is 7.92. The van der Waals surface area contributed by atoms with Gasteiger partial charge in [0.2, 0.25) is 15.9 Å². The number of nitrogens with one attached hydrogen (secondary N) is 3. The van der Waals surface area contributed by atoms with Gasteiger partial charge in [-0.15, -0.1) is 12.4 Å². The molecule has 6 nitrogen and oxygen atoms in total. The summed E-state index contributed by atoms with van der Waals surface area (Å²) >= 11 is 0. The van der Waals surface area contributed by atoms with E-state index in [9.17, 15) is 13.2 Å². The van der Waals surface area contributed by atoms with Crippen molar-refractivity contribution in [2.45, 2.75) is 19.8 Å². The van der Waals surface area contributed by atoms with Gasteiger partial charge < -0.3 is 10.6 Å². The second-order valence-electron chi connectivity index (χ2n) is 4.85. The molecule has 0 saturated heterocycles. The lowest BCUT2D eigenvalue weighted by molar-refractivity contribution is -0.120. The van der Waals surface area contributed by atoms with Crippen LogP contribution in [-0.4, -0.2) is 40.2 Å². The van der Waals surface area contributed by atoms with Crippen LogP contribution in [0.3, 0.4) is 0 Å². The topological polar surface area (TPSA) is 87.3 Å². The molecule has 1 rings (SSSR count). The van der Waals surface area contributed by atoms with E-state index in [2.05, 4.69) is 22.3 Å². The van der Waals surface area contributed by atoms with Gasteiger partial charge in [0.1, 0.15) is 0 Å². The van der Waals surface area contributed by atoms with E-state index in [1.165, 1.54) is 0 Å². The van der Waals surface area contributed by atoms with Gasteiger partial charge in [0.15, 0.2) is 0 Å². The second kappa shape index (κ2) is 10.4. The Morgan fingerprint density at radius 2 is 1.91 bits per heavy atom. The first-order chi connectivity index (χ1) is 9.90. The number of halogens is 1. The molecule has 0 fully saturated rings. The van der Waals surface area contributed by atoms with Crippen LogP contribution in [0.1, 0.15) is 18.9 Å². The summed E-state index contributed by atoms with van der Waals surface area (Å²) in [5.74, 6) is -0.0789. The third kappa shape index (κ3) is 9.59. The predicted molar refractivity (Wildman–Crippen MR) is 92.0 cm³/mol.